The van der Waals surface area contributed by atoms with Crippen LogP contribution in [0.2, 0.25) is 0 Å². The summed E-state index contributed by atoms with van der Waals surface area (Å²) in [6.07, 6.45) is 0.226. The molecule has 2 aromatic carbocycles. The summed E-state index contributed by atoms with van der Waals surface area (Å²) in [7, 11) is 0. The molecule has 0 aliphatic carbocycles. The van der Waals surface area contributed by atoms with E-state index in [0.29, 0.717) is 18.0 Å². The van der Waals surface area contributed by atoms with E-state index in [1.54, 1.807) is 30.3 Å². The Hall–Kier alpha value is -2.93. The van der Waals surface area contributed by atoms with Crippen molar-refractivity contribution >= 4 is 23.2 Å². The first-order valence-electron chi connectivity index (χ1n) is 10.0. The van der Waals surface area contributed by atoms with Crippen molar-refractivity contribution in [2.24, 2.45) is 0 Å². The first-order valence-corrected chi connectivity index (χ1v) is 10.0. The average Bonchev–Trinajstić information content (AvgIpc) is 3.03. The van der Waals surface area contributed by atoms with Crippen LogP contribution in [0.3, 0.4) is 0 Å². The van der Waals surface area contributed by atoms with Crippen LogP contribution in [0.5, 0.6) is 5.75 Å². The predicted molar refractivity (Wildman–Crippen MR) is 108 cm³/mol. The van der Waals surface area contributed by atoms with Crippen LogP contribution in [-0.2, 0) is 9.59 Å². The third-order valence-corrected chi connectivity index (χ3v) is 5.62. The van der Waals surface area contributed by atoms with E-state index in [4.69, 9.17) is 4.74 Å². The highest BCUT2D eigenvalue weighted by Gasteiger charge is 2.46. The van der Waals surface area contributed by atoms with Crippen molar-refractivity contribution in [3.05, 3.63) is 54.3 Å². The van der Waals surface area contributed by atoms with Crippen LogP contribution in [-0.4, -0.2) is 50.6 Å². The number of hydrogen-bond acceptors (Lipinski definition) is 4. The number of carbonyl (C=O) groups is 2. The molecule has 0 saturated carbocycles. The van der Waals surface area contributed by atoms with E-state index in [0.717, 1.165) is 36.8 Å². The second-order valence-electron chi connectivity index (χ2n) is 7.38. The second-order valence-corrected chi connectivity index (χ2v) is 7.38. The zero-order valence-corrected chi connectivity index (χ0v) is 16.4. The number of nitrogens with zero attached hydrogens (tertiary/aromatic N) is 2. The monoisotopic (exact) mass is 398 g/mol. The van der Waals surface area contributed by atoms with Crippen LogP contribution in [0.15, 0.2) is 48.5 Å². The van der Waals surface area contributed by atoms with Crippen molar-refractivity contribution in [2.45, 2.75) is 19.4 Å². The molecule has 0 unspecified atom stereocenters. The number of halogens is 1. The van der Waals surface area contributed by atoms with Crippen LogP contribution in [0, 0.1) is 5.82 Å². The SMILES string of the molecule is CCOc1cccc(N2C(=O)C[C@H]([NH+]3CCN(c4ccc(F)cc4)CC3)C2=O)c1. The third-order valence-electron chi connectivity index (χ3n) is 5.62. The predicted octanol–water partition coefficient (Wildman–Crippen LogP) is 1.26. The second kappa shape index (κ2) is 8.21. The number of anilines is 2. The van der Waals surface area contributed by atoms with Crippen LogP contribution in [0.1, 0.15) is 13.3 Å². The average molecular weight is 398 g/mol. The van der Waals surface area contributed by atoms with Crippen molar-refractivity contribution in [2.75, 3.05) is 42.6 Å². The van der Waals surface area contributed by atoms with Gasteiger partial charge < -0.3 is 14.5 Å². The summed E-state index contributed by atoms with van der Waals surface area (Å²) in [4.78, 5) is 30.3. The molecule has 1 atom stereocenters. The molecule has 2 heterocycles. The van der Waals surface area contributed by atoms with E-state index >= 15 is 0 Å². The van der Waals surface area contributed by atoms with E-state index in [9.17, 15) is 14.0 Å². The molecule has 4 rings (SSSR count). The van der Waals surface area contributed by atoms with E-state index in [1.807, 2.05) is 13.0 Å². The fourth-order valence-electron chi connectivity index (χ4n) is 4.15. The van der Waals surface area contributed by atoms with Crippen molar-refractivity contribution in [1.82, 2.24) is 0 Å². The lowest BCUT2D eigenvalue weighted by Gasteiger charge is -2.35. The zero-order valence-electron chi connectivity index (χ0n) is 16.4. The Bertz CT molecular complexity index is 894. The Morgan fingerprint density at radius 3 is 2.48 bits per heavy atom. The molecule has 0 bridgehead atoms. The Morgan fingerprint density at radius 1 is 1.07 bits per heavy atom. The van der Waals surface area contributed by atoms with Gasteiger partial charge in [-0.05, 0) is 43.3 Å². The number of rotatable bonds is 5. The summed E-state index contributed by atoms with van der Waals surface area (Å²) in [5.41, 5.74) is 1.55. The maximum Gasteiger partial charge on any atom is 0.292 e. The smallest absolute Gasteiger partial charge is 0.292 e. The number of ether oxygens (including phenoxy) is 1. The highest BCUT2D eigenvalue weighted by molar-refractivity contribution is 6.21. The number of hydrogen-bond donors (Lipinski definition) is 1. The van der Waals surface area contributed by atoms with Gasteiger partial charge in [-0.3, -0.25) is 9.59 Å². The maximum absolute atomic E-state index is 13.1. The van der Waals surface area contributed by atoms with Gasteiger partial charge in [0.1, 0.15) is 11.6 Å². The van der Waals surface area contributed by atoms with Gasteiger partial charge in [0, 0.05) is 11.8 Å². The van der Waals surface area contributed by atoms with Gasteiger partial charge in [0.15, 0.2) is 6.04 Å². The quantitative estimate of drug-likeness (QED) is 0.771. The first kappa shape index (κ1) is 19.4. The fourth-order valence-corrected chi connectivity index (χ4v) is 4.15. The number of benzene rings is 2. The summed E-state index contributed by atoms with van der Waals surface area (Å²) >= 11 is 0. The van der Waals surface area contributed by atoms with Crippen LogP contribution >= 0.6 is 0 Å². The number of nitrogens with one attached hydrogen (secondary N) is 1. The lowest BCUT2D eigenvalue weighted by molar-refractivity contribution is -0.915. The minimum Gasteiger partial charge on any atom is -0.494 e. The minimum absolute atomic E-state index is 0.145. The molecule has 6 nitrogen and oxygen atoms in total. The normalized spacial score (nSPS) is 20.4. The van der Waals surface area contributed by atoms with Crippen molar-refractivity contribution < 1.29 is 23.6 Å². The Balaban J connectivity index is 1.43. The van der Waals surface area contributed by atoms with Gasteiger partial charge in [-0.25, -0.2) is 9.29 Å². The molecule has 2 saturated heterocycles. The van der Waals surface area contributed by atoms with Crippen molar-refractivity contribution in [1.29, 1.82) is 0 Å². The summed E-state index contributed by atoms with van der Waals surface area (Å²) < 4.78 is 18.6. The van der Waals surface area contributed by atoms with E-state index in [-0.39, 0.29) is 30.1 Å². The Kier molecular flexibility index (Phi) is 5.49. The molecular weight excluding hydrogens is 373 g/mol. The number of piperazine rings is 1. The topological polar surface area (TPSA) is 54.3 Å². The molecular formula is C22H25FN3O3+. The molecule has 0 radical (unpaired) electrons. The van der Waals surface area contributed by atoms with E-state index < -0.39 is 0 Å². The van der Waals surface area contributed by atoms with Gasteiger partial charge in [-0.15, -0.1) is 0 Å². The van der Waals surface area contributed by atoms with Crippen LogP contribution < -0.4 is 19.4 Å². The standard InChI is InChI=1S/C22H24FN3O3/c1-2-29-19-5-3-4-18(14-19)26-21(27)15-20(22(26)28)25-12-10-24(11-13-25)17-8-6-16(23)7-9-17/h3-9,14,20H,2,10-13,15H2,1H3/p+1/t20-/m0/s1. The molecule has 2 aliphatic heterocycles. The number of imide groups is 1. The van der Waals surface area contributed by atoms with Gasteiger partial charge >= 0.3 is 0 Å². The number of quaternary nitrogens is 1. The first-order chi connectivity index (χ1) is 14.1. The van der Waals surface area contributed by atoms with Gasteiger partial charge in [0.25, 0.3) is 5.91 Å². The number of amides is 2. The molecule has 152 valence electrons. The zero-order chi connectivity index (χ0) is 20.4. The van der Waals surface area contributed by atoms with E-state index in [2.05, 4.69) is 4.90 Å². The van der Waals surface area contributed by atoms with E-state index in [1.165, 1.54) is 17.0 Å². The molecule has 2 aliphatic rings. The van der Waals surface area contributed by atoms with Crippen molar-refractivity contribution in [3.8, 4) is 5.75 Å². The van der Waals surface area contributed by atoms with Crippen LogP contribution in [0.25, 0.3) is 0 Å². The Labute approximate surface area is 169 Å². The molecule has 2 amide bonds. The Morgan fingerprint density at radius 2 is 1.79 bits per heavy atom. The fraction of sp³-hybridized carbons (Fsp3) is 0.364. The highest BCUT2D eigenvalue weighted by atomic mass is 19.1. The summed E-state index contributed by atoms with van der Waals surface area (Å²) in [5.74, 6) is 0.0897. The molecule has 1 N–H and O–H groups in total. The maximum atomic E-state index is 13.1. The van der Waals surface area contributed by atoms with Crippen LogP contribution in [0.4, 0.5) is 15.8 Å². The summed E-state index contributed by atoms with van der Waals surface area (Å²) in [5, 5.41) is 0. The lowest BCUT2D eigenvalue weighted by atomic mass is 10.1. The molecule has 0 spiro atoms. The van der Waals surface area contributed by atoms with Gasteiger partial charge in [0.05, 0.1) is 44.9 Å². The summed E-state index contributed by atoms with van der Waals surface area (Å²) in [6, 6.07) is 13.2. The van der Waals surface area contributed by atoms with Crippen molar-refractivity contribution in [3.63, 3.8) is 0 Å². The lowest BCUT2D eigenvalue weighted by Crippen LogP contribution is -3.19. The van der Waals surface area contributed by atoms with Gasteiger partial charge in [-0.2, -0.15) is 0 Å². The minimum atomic E-state index is -0.353. The van der Waals surface area contributed by atoms with Gasteiger partial charge in [-0.1, -0.05) is 6.07 Å². The molecule has 2 fully saturated rings. The highest BCUT2D eigenvalue weighted by Crippen LogP contribution is 2.26. The molecule has 7 heteroatoms. The molecule has 29 heavy (non-hydrogen) atoms. The third kappa shape index (κ3) is 3.96. The largest absolute Gasteiger partial charge is 0.494 e. The summed E-state index contributed by atoms with van der Waals surface area (Å²) in [6.45, 7) is 5.46. The molecule has 2 aromatic rings. The van der Waals surface area contributed by atoms with Gasteiger partial charge in [0.2, 0.25) is 5.91 Å². The number of carbonyl (C=O) groups excluding carboxylic acids is 2. The molecule has 0 aromatic heterocycles.